The van der Waals surface area contributed by atoms with Crippen LogP contribution in [0.2, 0.25) is 0 Å². The molecule has 1 heterocycles. The Morgan fingerprint density at radius 3 is 2.56 bits per heavy atom. The molecule has 0 radical (unpaired) electrons. The van der Waals surface area contributed by atoms with Crippen molar-refractivity contribution in [2.75, 3.05) is 7.05 Å². The second kappa shape index (κ2) is 6.36. The summed E-state index contributed by atoms with van der Waals surface area (Å²) < 4.78 is 1.13. The second-order valence-electron chi connectivity index (χ2n) is 4.30. The van der Waals surface area contributed by atoms with Gasteiger partial charge in [0.15, 0.2) is 0 Å². The Kier molecular flexibility index (Phi) is 4.80. The number of hydrogen-bond acceptors (Lipinski definition) is 4. The highest BCUT2D eigenvalue weighted by Gasteiger charge is 2.19. The van der Waals surface area contributed by atoms with Crippen LogP contribution in [0.25, 0.3) is 0 Å². The standard InChI is InChI=1S/C14H18N2S2/c1-10-4-6-12(7-5-10)13(15-3)11(2)18-14-16-8-9-17-14/h4-9,11,13,15H,1-3H3. The molecule has 0 aliphatic rings. The maximum Gasteiger partial charge on any atom is 0.150 e. The fourth-order valence-electron chi connectivity index (χ4n) is 1.94. The first-order chi connectivity index (χ1) is 8.70. The number of benzene rings is 1. The summed E-state index contributed by atoms with van der Waals surface area (Å²) in [6.45, 7) is 4.36. The fraction of sp³-hybridized carbons (Fsp3) is 0.357. The number of thioether (sulfide) groups is 1. The molecule has 0 aliphatic heterocycles. The van der Waals surface area contributed by atoms with E-state index in [-0.39, 0.29) is 0 Å². The monoisotopic (exact) mass is 278 g/mol. The fourth-order valence-corrected chi connectivity index (χ4v) is 4.01. The van der Waals surface area contributed by atoms with Gasteiger partial charge in [-0.05, 0) is 19.5 Å². The van der Waals surface area contributed by atoms with Gasteiger partial charge < -0.3 is 5.32 Å². The van der Waals surface area contributed by atoms with Crippen LogP contribution in [0.1, 0.15) is 24.1 Å². The van der Waals surface area contributed by atoms with Crippen LogP contribution in [-0.4, -0.2) is 17.3 Å². The van der Waals surface area contributed by atoms with E-state index in [1.54, 1.807) is 11.3 Å². The van der Waals surface area contributed by atoms with E-state index in [4.69, 9.17) is 0 Å². The van der Waals surface area contributed by atoms with Crippen molar-refractivity contribution in [3.63, 3.8) is 0 Å². The molecule has 0 fully saturated rings. The van der Waals surface area contributed by atoms with E-state index in [2.05, 4.69) is 48.4 Å². The van der Waals surface area contributed by atoms with Crippen molar-refractivity contribution in [1.82, 2.24) is 10.3 Å². The van der Waals surface area contributed by atoms with Gasteiger partial charge in [0.05, 0.1) is 0 Å². The van der Waals surface area contributed by atoms with E-state index in [1.807, 2.05) is 30.4 Å². The van der Waals surface area contributed by atoms with E-state index in [1.165, 1.54) is 11.1 Å². The van der Waals surface area contributed by atoms with Crippen LogP contribution in [0.4, 0.5) is 0 Å². The largest absolute Gasteiger partial charge is 0.312 e. The van der Waals surface area contributed by atoms with Crippen LogP contribution in [0.15, 0.2) is 40.2 Å². The summed E-state index contributed by atoms with van der Waals surface area (Å²) in [5, 5.41) is 5.88. The topological polar surface area (TPSA) is 24.9 Å². The van der Waals surface area contributed by atoms with Gasteiger partial charge in [-0.1, -0.05) is 48.5 Å². The molecule has 96 valence electrons. The van der Waals surface area contributed by atoms with Crippen molar-refractivity contribution in [2.45, 2.75) is 29.5 Å². The number of nitrogens with zero attached hydrogens (tertiary/aromatic N) is 1. The normalized spacial score (nSPS) is 14.4. The maximum atomic E-state index is 4.33. The van der Waals surface area contributed by atoms with Crippen LogP contribution in [0.3, 0.4) is 0 Å². The molecule has 2 rings (SSSR count). The zero-order valence-corrected chi connectivity index (χ0v) is 12.5. The van der Waals surface area contributed by atoms with E-state index in [0.29, 0.717) is 11.3 Å². The van der Waals surface area contributed by atoms with Gasteiger partial charge in [0, 0.05) is 22.9 Å². The lowest BCUT2D eigenvalue weighted by Gasteiger charge is -2.23. The number of hydrogen-bond donors (Lipinski definition) is 1. The van der Waals surface area contributed by atoms with Gasteiger partial charge in [-0.25, -0.2) is 4.98 Å². The third-order valence-electron chi connectivity index (χ3n) is 2.91. The average molecular weight is 278 g/mol. The lowest BCUT2D eigenvalue weighted by atomic mass is 10.0. The Hall–Kier alpha value is -0.840. The second-order valence-corrected chi connectivity index (χ2v) is 6.82. The van der Waals surface area contributed by atoms with E-state index in [0.717, 1.165) is 4.34 Å². The Bertz CT molecular complexity index is 465. The van der Waals surface area contributed by atoms with Crippen molar-refractivity contribution >= 4 is 23.1 Å². The van der Waals surface area contributed by atoms with E-state index < -0.39 is 0 Å². The summed E-state index contributed by atoms with van der Waals surface area (Å²) in [4.78, 5) is 4.33. The number of nitrogens with one attached hydrogen (secondary N) is 1. The Balaban J connectivity index is 2.10. The SMILES string of the molecule is CNC(c1ccc(C)cc1)C(C)Sc1nccs1. The summed E-state index contributed by atoms with van der Waals surface area (Å²) in [6, 6.07) is 9.09. The first-order valence-electron chi connectivity index (χ1n) is 6.00. The smallest absolute Gasteiger partial charge is 0.150 e. The van der Waals surface area contributed by atoms with E-state index in [9.17, 15) is 0 Å². The lowest BCUT2D eigenvalue weighted by molar-refractivity contribution is 0.589. The first-order valence-corrected chi connectivity index (χ1v) is 7.76. The van der Waals surface area contributed by atoms with Crippen molar-refractivity contribution in [3.05, 3.63) is 47.0 Å². The molecule has 2 unspecified atom stereocenters. The highest BCUT2D eigenvalue weighted by molar-refractivity contribution is 8.01. The molecule has 0 saturated carbocycles. The highest BCUT2D eigenvalue weighted by atomic mass is 32.2. The van der Waals surface area contributed by atoms with Crippen molar-refractivity contribution < 1.29 is 0 Å². The third kappa shape index (κ3) is 3.34. The Labute approximate surface area is 117 Å². The van der Waals surface area contributed by atoms with Crippen LogP contribution in [0.5, 0.6) is 0 Å². The molecule has 0 amide bonds. The van der Waals surface area contributed by atoms with Crippen molar-refractivity contribution in [1.29, 1.82) is 0 Å². The molecule has 4 heteroatoms. The van der Waals surface area contributed by atoms with Gasteiger partial charge >= 0.3 is 0 Å². The van der Waals surface area contributed by atoms with Gasteiger partial charge in [-0.15, -0.1) is 11.3 Å². The molecular formula is C14H18N2S2. The molecule has 0 saturated heterocycles. The summed E-state index contributed by atoms with van der Waals surface area (Å²) in [6.07, 6.45) is 1.86. The predicted octanol–water partition coefficient (Wildman–Crippen LogP) is 3.89. The summed E-state index contributed by atoms with van der Waals surface area (Å²) in [5.74, 6) is 0. The molecule has 0 spiro atoms. The zero-order valence-electron chi connectivity index (χ0n) is 10.9. The quantitative estimate of drug-likeness (QED) is 0.840. The Morgan fingerprint density at radius 2 is 2.00 bits per heavy atom. The van der Waals surface area contributed by atoms with Gasteiger partial charge in [-0.2, -0.15) is 0 Å². The summed E-state index contributed by atoms with van der Waals surface area (Å²) >= 11 is 3.53. The molecule has 18 heavy (non-hydrogen) atoms. The molecule has 0 bridgehead atoms. The lowest BCUT2D eigenvalue weighted by Crippen LogP contribution is -2.25. The third-order valence-corrected chi connectivity index (χ3v) is 5.01. The summed E-state index contributed by atoms with van der Waals surface area (Å²) in [5.41, 5.74) is 2.63. The van der Waals surface area contributed by atoms with E-state index >= 15 is 0 Å². The number of thiazole rings is 1. The predicted molar refractivity (Wildman–Crippen MR) is 80.4 cm³/mol. The van der Waals surface area contributed by atoms with Gasteiger partial charge in [0.1, 0.15) is 4.34 Å². The zero-order chi connectivity index (χ0) is 13.0. The van der Waals surface area contributed by atoms with Crippen LogP contribution < -0.4 is 5.32 Å². The Morgan fingerprint density at radius 1 is 1.28 bits per heavy atom. The van der Waals surface area contributed by atoms with Crippen molar-refractivity contribution in [3.8, 4) is 0 Å². The minimum absolute atomic E-state index is 0.347. The molecule has 2 nitrogen and oxygen atoms in total. The maximum absolute atomic E-state index is 4.33. The molecule has 1 aromatic heterocycles. The van der Waals surface area contributed by atoms with Crippen molar-refractivity contribution in [2.24, 2.45) is 0 Å². The van der Waals surface area contributed by atoms with Crippen LogP contribution in [0, 0.1) is 6.92 Å². The van der Waals surface area contributed by atoms with Gasteiger partial charge in [0.2, 0.25) is 0 Å². The van der Waals surface area contributed by atoms with Crippen LogP contribution in [-0.2, 0) is 0 Å². The highest BCUT2D eigenvalue weighted by Crippen LogP contribution is 2.32. The number of aryl methyl sites for hydroxylation is 1. The first kappa shape index (κ1) is 13.6. The number of aromatic nitrogens is 1. The molecule has 2 atom stereocenters. The van der Waals surface area contributed by atoms with Gasteiger partial charge in [-0.3, -0.25) is 0 Å². The minimum atomic E-state index is 0.347. The summed E-state index contributed by atoms with van der Waals surface area (Å²) in [7, 11) is 2.02. The molecule has 2 aromatic rings. The van der Waals surface area contributed by atoms with Gasteiger partial charge in [0.25, 0.3) is 0 Å². The number of rotatable bonds is 5. The molecule has 1 N–H and O–H groups in total. The molecule has 1 aromatic carbocycles. The van der Waals surface area contributed by atoms with Crippen LogP contribution >= 0.6 is 23.1 Å². The average Bonchev–Trinajstić information content (AvgIpc) is 2.85. The molecular weight excluding hydrogens is 260 g/mol. The minimum Gasteiger partial charge on any atom is -0.312 e. The molecule has 0 aliphatic carbocycles.